The summed E-state index contributed by atoms with van der Waals surface area (Å²) in [5.74, 6) is -0.553. The topological polar surface area (TPSA) is 139 Å². The molecule has 0 saturated carbocycles. The molecule has 13 heteroatoms. The number of nitro groups is 1. The molecule has 0 spiro atoms. The standard InChI is InChI=1S/C36H39BrN4O7S/c1-4-5-20-38-36(43)34(22-27-10-7-6-8-11-27)39(24-28-12-9-13-29(37)21-28)35(42)25-40(30-15-17-31(48-3)18-16-30)49(46,47)32-19-14-26(2)33(23-32)41(44)45/h6-19,21,23,34H,4-5,20,22,24-25H2,1-3H3,(H,38,43)/t34-/m1/s1. The fourth-order valence-electron chi connectivity index (χ4n) is 5.24. The Morgan fingerprint density at radius 2 is 1.65 bits per heavy atom. The second-order valence-electron chi connectivity index (χ2n) is 11.4. The lowest BCUT2D eigenvalue weighted by molar-refractivity contribution is -0.385. The Kier molecular flexibility index (Phi) is 12.9. The van der Waals surface area contributed by atoms with Gasteiger partial charge in [0.2, 0.25) is 11.8 Å². The molecule has 0 unspecified atom stereocenters. The van der Waals surface area contributed by atoms with Gasteiger partial charge in [-0.05, 0) is 66.9 Å². The third kappa shape index (κ3) is 9.67. The van der Waals surface area contributed by atoms with Crippen LogP contribution < -0.4 is 14.4 Å². The number of carbonyl (C=O) groups is 2. The number of amides is 2. The lowest BCUT2D eigenvalue weighted by Crippen LogP contribution is -2.53. The number of benzene rings is 4. The third-order valence-electron chi connectivity index (χ3n) is 7.95. The zero-order valence-electron chi connectivity index (χ0n) is 27.5. The van der Waals surface area contributed by atoms with Crippen LogP contribution in [0.15, 0.2) is 106 Å². The minimum absolute atomic E-state index is 0.00345. The quantitative estimate of drug-likeness (QED) is 0.0792. The van der Waals surface area contributed by atoms with Gasteiger partial charge < -0.3 is 15.0 Å². The molecule has 0 aromatic heterocycles. The van der Waals surface area contributed by atoms with E-state index in [1.807, 2.05) is 61.5 Å². The van der Waals surface area contributed by atoms with Gasteiger partial charge in [0.1, 0.15) is 18.3 Å². The minimum Gasteiger partial charge on any atom is -0.497 e. The van der Waals surface area contributed by atoms with Gasteiger partial charge in [0.15, 0.2) is 0 Å². The van der Waals surface area contributed by atoms with Crippen LogP contribution in [0, 0.1) is 17.0 Å². The Labute approximate surface area is 295 Å². The largest absolute Gasteiger partial charge is 0.497 e. The lowest BCUT2D eigenvalue weighted by atomic mass is 10.0. The van der Waals surface area contributed by atoms with Crippen LogP contribution >= 0.6 is 15.9 Å². The van der Waals surface area contributed by atoms with E-state index in [0.717, 1.165) is 38.8 Å². The van der Waals surface area contributed by atoms with Crippen molar-refractivity contribution < 1.29 is 27.7 Å². The number of rotatable bonds is 16. The number of anilines is 1. The number of sulfonamides is 1. The Morgan fingerprint density at radius 1 is 0.959 bits per heavy atom. The molecule has 4 aromatic carbocycles. The van der Waals surface area contributed by atoms with Crippen molar-refractivity contribution in [3.8, 4) is 5.75 Å². The van der Waals surface area contributed by atoms with Gasteiger partial charge in [0.25, 0.3) is 15.7 Å². The molecule has 0 aliphatic rings. The van der Waals surface area contributed by atoms with Crippen molar-refractivity contribution in [3.05, 3.63) is 128 Å². The molecule has 0 heterocycles. The highest BCUT2D eigenvalue weighted by Gasteiger charge is 2.35. The van der Waals surface area contributed by atoms with Crippen LogP contribution in [0.2, 0.25) is 0 Å². The first-order chi connectivity index (χ1) is 23.4. The summed E-state index contributed by atoms with van der Waals surface area (Å²) in [6.07, 6.45) is 1.78. The van der Waals surface area contributed by atoms with E-state index in [1.165, 1.54) is 43.2 Å². The highest BCUT2D eigenvalue weighted by atomic mass is 79.9. The highest BCUT2D eigenvalue weighted by Crippen LogP contribution is 2.30. The maximum absolute atomic E-state index is 14.6. The monoisotopic (exact) mass is 750 g/mol. The van der Waals surface area contributed by atoms with E-state index in [-0.39, 0.29) is 40.7 Å². The summed E-state index contributed by atoms with van der Waals surface area (Å²) in [5, 5.41) is 14.7. The van der Waals surface area contributed by atoms with Crippen LogP contribution in [0.5, 0.6) is 5.75 Å². The molecule has 4 aromatic rings. The second kappa shape index (κ2) is 17.1. The normalized spacial score (nSPS) is 11.8. The van der Waals surface area contributed by atoms with E-state index in [0.29, 0.717) is 12.3 Å². The maximum Gasteiger partial charge on any atom is 0.273 e. The molecule has 1 N–H and O–H groups in total. The molecule has 2 amide bonds. The Hall–Kier alpha value is -4.75. The number of hydrogen-bond donors (Lipinski definition) is 1. The number of methoxy groups -OCH3 is 1. The van der Waals surface area contributed by atoms with Crippen LogP contribution in [0.25, 0.3) is 0 Å². The number of ether oxygens (including phenoxy) is 1. The zero-order chi connectivity index (χ0) is 35.6. The van der Waals surface area contributed by atoms with E-state index >= 15 is 0 Å². The SMILES string of the molecule is CCCCNC(=O)[C@@H](Cc1ccccc1)N(Cc1cccc(Br)c1)C(=O)CN(c1ccc(OC)cc1)S(=O)(=O)c1ccc(C)c([N+](=O)[O-])c1. The molecule has 0 saturated heterocycles. The third-order valence-corrected chi connectivity index (χ3v) is 10.2. The first-order valence-corrected chi connectivity index (χ1v) is 17.9. The van der Waals surface area contributed by atoms with Crippen LogP contribution in [0.4, 0.5) is 11.4 Å². The molecule has 0 aliphatic carbocycles. The van der Waals surface area contributed by atoms with Crippen molar-refractivity contribution in [2.75, 3.05) is 24.5 Å². The van der Waals surface area contributed by atoms with Crippen molar-refractivity contribution in [1.82, 2.24) is 10.2 Å². The van der Waals surface area contributed by atoms with Crippen molar-refractivity contribution in [2.45, 2.75) is 50.6 Å². The van der Waals surface area contributed by atoms with Crippen LogP contribution in [-0.4, -0.2) is 56.3 Å². The number of nitro benzene ring substituents is 1. The van der Waals surface area contributed by atoms with Gasteiger partial charge in [0, 0.05) is 35.6 Å². The van der Waals surface area contributed by atoms with Gasteiger partial charge in [-0.1, -0.05) is 77.8 Å². The van der Waals surface area contributed by atoms with Gasteiger partial charge in [0.05, 0.1) is 22.6 Å². The first kappa shape index (κ1) is 37.1. The molecule has 4 rings (SSSR count). The number of nitrogens with one attached hydrogen (secondary N) is 1. The van der Waals surface area contributed by atoms with Gasteiger partial charge >= 0.3 is 0 Å². The number of aryl methyl sites for hydroxylation is 1. The molecular weight excluding hydrogens is 712 g/mol. The summed E-state index contributed by atoms with van der Waals surface area (Å²) < 4.78 is 35.6. The molecule has 0 bridgehead atoms. The van der Waals surface area contributed by atoms with Crippen LogP contribution in [0.3, 0.4) is 0 Å². The number of halogens is 1. The predicted octanol–water partition coefficient (Wildman–Crippen LogP) is 6.43. The smallest absolute Gasteiger partial charge is 0.273 e. The van der Waals surface area contributed by atoms with E-state index in [4.69, 9.17) is 4.74 Å². The van der Waals surface area contributed by atoms with Crippen molar-refractivity contribution >= 4 is 49.1 Å². The van der Waals surface area contributed by atoms with Crippen molar-refractivity contribution in [3.63, 3.8) is 0 Å². The number of nitrogens with zero attached hydrogens (tertiary/aromatic N) is 3. The Bertz CT molecular complexity index is 1870. The molecular formula is C36H39BrN4O7S. The van der Waals surface area contributed by atoms with Crippen molar-refractivity contribution in [1.29, 1.82) is 0 Å². The van der Waals surface area contributed by atoms with E-state index in [1.54, 1.807) is 12.1 Å². The molecule has 11 nitrogen and oxygen atoms in total. The zero-order valence-corrected chi connectivity index (χ0v) is 29.9. The highest BCUT2D eigenvalue weighted by molar-refractivity contribution is 9.10. The summed E-state index contributed by atoms with van der Waals surface area (Å²) in [7, 11) is -3.08. The number of carbonyl (C=O) groups excluding carboxylic acids is 2. The summed E-state index contributed by atoms with van der Waals surface area (Å²) in [4.78, 5) is 40.6. The van der Waals surface area contributed by atoms with Crippen LogP contribution in [0.1, 0.15) is 36.5 Å². The number of unbranched alkanes of at least 4 members (excludes halogenated alkanes) is 1. The van der Waals surface area contributed by atoms with E-state index in [9.17, 15) is 28.1 Å². The first-order valence-electron chi connectivity index (χ1n) is 15.7. The van der Waals surface area contributed by atoms with Crippen molar-refractivity contribution in [2.24, 2.45) is 0 Å². The predicted molar refractivity (Wildman–Crippen MR) is 192 cm³/mol. The summed E-state index contributed by atoms with van der Waals surface area (Å²) in [5.41, 5.74) is 1.58. The fourth-order valence-corrected chi connectivity index (χ4v) is 7.12. The molecule has 0 radical (unpaired) electrons. The van der Waals surface area contributed by atoms with Crippen LogP contribution in [-0.2, 0) is 32.6 Å². The number of hydrogen-bond acceptors (Lipinski definition) is 7. The average Bonchev–Trinajstić information content (AvgIpc) is 3.09. The molecule has 1 atom stereocenters. The average molecular weight is 752 g/mol. The van der Waals surface area contributed by atoms with Gasteiger partial charge in [-0.3, -0.25) is 24.0 Å². The summed E-state index contributed by atoms with van der Waals surface area (Å²) >= 11 is 3.48. The molecule has 0 aliphatic heterocycles. The molecule has 258 valence electrons. The van der Waals surface area contributed by atoms with E-state index in [2.05, 4.69) is 21.2 Å². The maximum atomic E-state index is 14.6. The Morgan fingerprint density at radius 3 is 2.29 bits per heavy atom. The van der Waals surface area contributed by atoms with Gasteiger partial charge in [-0.25, -0.2) is 8.42 Å². The molecule has 0 fully saturated rings. The fraction of sp³-hybridized carbons (Fsp3) is 0.278. The lowest BCUT2D eigenvalue weighted by Gasteiger charge is -2.34. The van der Waals surface area contributed by atoms with E-state index < -0.39 is 33.4 Å². The Balaban J connectivity index is 1.83. The summed E-state index contributed by atoms with van der Waals surface area (Å²) in [6.45, 7) is 3.24. The molecule has 49 heavy (non-hydrogen) atoms. The minimum atomic E-state index is -4.54. The van der Waals surface area contributed by atoms with Gasteiger partial charge in [-0.15, -0.1) is 0 Å². The second-order valence-corrected chi connectivity index (χ2v) is 14.2. The summed E-state index contributed by atoms with van der Waals surface area (Å²) in [6, 6.07) is 25.3. The van der Waals surface area contributed by atoms with Gasteiger partial charge in [-0.2, -0.15) is 0 Å².